The Balaban J connectivity index is 1.15. The van der Waals surface area contributed by atoms with Crippen LogP contribution in [0, 0.1) is 23.2 Å². The zero-order valence-corrected chi connectivity index (χ0v) is 28.2. The number of hydrogen-bond donors (Lipinski definition) is 1. The third kappa shape index (κ3) is 9.18. The number of piperidine rings is 1. The molecular formula is C36H45N5O7. The second-order valence-corrected chi connectivity index (χ2v) is 13.5. The number of hydrogen-bond acceptors (Lipinski definition) is 9. The number of imidazole rings is 1. The summed E-state index contributed by atoms with van der Waals surface area (Å²) in [5.41, 5.74) is 1.31. The standard InChI is InChI=1S/C36H45N5O7/c1-36(2,3)48-35(44)40-17-15-29(16-18-40)47-28-12-10-27(11-13-28)46-23-32-39-30-19-25(20-37)7-14-31(30)41(32)22-33(42)38-21-24-5-8-26(9-6-24)34(43)45-4/h7,10-14,19,24,26,29H,5-6,8-9,15-18,21-23H2,1-4H3,(H,38,42)/t24-,26-. The summed E-state index contributed by atoms with van der Waals surface area (Å²) >= 11 is 0. The zero-order chi connectivity index (χ0) is 34.3. The molecule has 0 bridgehead atoms. The molecule has 1 saturated carbocycles. The van der Waals surface area contributed by atoms with Gasteiger partial charge in [0.05, 0.1) is 35.7 Å². The molecule has 0 atom stereocenters. The van der Waals surface area contributed by atoms with Gasteiger partial charge in [-0.2, -0.15) is 5.26 Å². The first kappa shape index (κ1) is 34.5. The molecule has 5 rings (SSSR count). The van der Waals surface area contributed by atoms with E-state index in [1.165, 1.54) is 7.11 Å². The van der Waals surface area contributed by atoms with Crippen molar-refractivity contribution >= 4 is 29.0 Å². The highest BCUT2D eigenvalue weighted by atomic mass is 16.6. The predicted octanol–water partition coefficient (Wildman–Crippen LogP) is 5.36. The Bertz CT molecular complexity index is 1620. The minimum absolute atomic E-state index is 0.00491. The van der Waals surface area contributed by atoms with Crippen molar-refractivity contribution in [2.24, 2.45) is 11.8 Å². The average Bonchev–Trinajstić information content (AvgIpc) is 3.42. The van der Waals surface area contributed by atoms with Gasteiger partial charge in [-0.15, -0.1) is 0 Å². The number of benzene rings is 2. The highest BCUT2D eigenvalue weighted by molar-refractivity contribution is 5.82. The molecule has 1 N–H and O–H groups in total. The molecule has 2 aromatic carbocycles. The fourth-order valence-corrected chi connectivity index (χ4v) is 6.20. The molecule has 2 amide bonds. The summed E-state index contributed by atoms with van der Waals surface area (Å²) in [6.07, 6.45) is 4.39. The first-order chi connectivity index (χ1) is 23.0. The lowest BCUT2D eigenvalue weighted by atomic mass is 9.82. The largest absolute Gasteiger partial charge is 0.490 e. The van der Waals surface area contributed by atoms with Crippen LogP contribution in [-0.2, 0) is 32.2 Å². The van der Waals surface area contributed by atoms with E-state index in [9.17, 15) is 19.6 Å². The molecular weight excluding hydrogens is 614 g/mol. The molecule has 1 aliphatic carbocycles. The zero-order valence-electron chi connectivity index (χ0n) is 28.2. The Labute approximate surface area is 281 Å². The van der Waals surface area contributed by atoms with Crippen molar-refractivity contribution in [2.75, 3.05) is 26.7 Å². The van der Waals surface area contributed by atoms with E-state index >= 15 is 0 Å². The molecule has 1 saturated heterocycles. The van der Waals surface area contributed by atoms with E-state index < -0.39 is 5.60 Å². The monoisotopic (exact) mass is 659 g/mol. The van der Waals surface area contributed by atoms with Gasteiger partial charge in [-0.05, 0) is 94.8 Å². The molecule has 3 aromatic rings. The molecule has 12 nitrogen and oxygen atoms in total. The first-order valence-corrected chi connectivity index (χ1v) is 16.6. The number of carbonyl (C=O) groups excluding carboxylic acids is 3. The maximum Gasteiger partial charge on any atom is 0.410 e. The summed E-state index contributed by atoms with van der Waals surface area (Å²) in [4.78, 5) is 43.7. The van der Waals surface area contributed by atoms with E-state index in [4.69, 9.17) is 23.9 Å². The molecule has 0 unspecified atom stereocenters. The second-order valence-electron chi connectivity index (χ2n) is 13.5. The Morgan fingerprint density at radius 2 is 1.67 bits per heavy atom. The lowest BCUT2D eigenvalue weighted by Crippen LogP contribution is -2.44. The van der Waals surface area contributed by atoms with E-state index in [1.807, 2.05) is 49.6 Å². The van der Waals surface area contributed by atoms with E-state index in [2.05, 4.69) is 11.4 Å². The molecule has 12 heteroatoms. The second kappa shape index (κ2) is 15.4. The minimum atomic E-state index is -0.523. The molecule has 1 aromatic heterocycles. The highest BCUT2D eigenvalue weighted by Crippen LogP contribution is 2.29. The van der Waals surface area contributed by atoms with E-state index in [1.54, 1.807) is 23.1 Å². The van der Waals surface area contributed by atoms with Crippen LogP contribution in [0.4, 0.5) is 4.79 Å². The van der Waals surface area contributed by atoms with E-state index in [0.717, 1.165) is 31.2 Å². The number of nitrogens with zero attached hydrogens (tertiary/aromatic N) is 4. The molecule has 2 fully saturated rings. The van der Waals surface area contributed by atoms with Gasteiger partial charge in [0.25, 0.3) is 0 Å². The number of methoxy groups -OCH3 is 1. The molecule has 0 radical (unpaired) electrons. The topological polar surface area (TPSA) is 145 Å². The lowest BCUT2D eigenvalue weighted by molar-refractivity contribution is -0.146. The third-order valence-electron chi connectivity index (χ3n) is 8.82. The van der Waals surface area contributed by atoms with Crippen molar-refractivity contribution in [3.8, 4) is 17.6 Å². The molecule has 0 spiro atoms. The number of esters is 1. The van der Waals surface area contributed by atoms with Crippen molar-refractivity contribution in [1.29, 1.82) is 5.26 Å². The van der Waals surface area contributed by atoms with Crippen molar-refractivity contribution < 1.29 is 33.3 Å². The Morgan fingerprint density at radius 3 is 2.31 bits per heavy atom. The van der Waals surface area contributed by atoms with Crippen LogP contribution in [0.3, 0.4) is 0 Å². The fraction of sp³-hybridized carbons (Fsp3) is 0.528. The van der Waals surface area contributed by atoms with Gasteiger partial charge < -0.3 is 33.7 Å². The Morgan fingerprint density at radius 1 is 0.979 bits per heavy atom. The maximum atomic E-state index is 13.1. The Hall–Kier alpha value is -4.79. The normalized spacial score (nSPS) is 18.5. The van der Waals surface area contributed by atoms with E-state index in [0.29, 0.717) is 66.8 Å². The van der Waals surface area contributed by atoms with Gasteiger partial charge in [0.15, 0.2) is 0 Å². The molecule has 2 heterocycles. The van der Waals surface area contributed by atoms with Crippen LogP contribution in [0.2, 0.25) is 0 Å². The van der Waals surface area contributed by atoms with Crippen LogP contribution in [-0.4, -0.2) is 70.9 Å². The van der Waals surface area contributed by atoms with Gasteiger partial charge >= 0.3 is 12.1 Å². The Kier molecular flexibility index (Phi) is 11.1. The number of nitrogens with one attached hydrogen (secondary N) is 1. The number of carbonyl (C=O) groups is 3. The molecule has 1 aliphatic heterocycles. The van der Waals surface area contributed by atoms with Crippen LogP contribution in [0.5, 0.6) is 11.5 Å². The summed E-state index contributed by atoms with van der Waals surface area (Å²) in [5, 5.41) is 12.4. The lowest BCUT2D eigenvalue weighted by Gasteiger charge is -2.33. The SMILES string of the molecule is COC(=O)[C@H]1CC[C@H](CNC(=O)Cn2c(COc3ccc(OC4CCN(C(=O)OC(C)(C)C)CC4)cc3)nc3cc(C#N)ccc32)CC1. The van der Waals surface area contributed by atoms with Gasteiger partial charge in [-0.25, -0.2) is 9.78 Å². The number of likely N-dealkylation sites (tertiary alicyclic amines) is 1. The third-order valence-corrected chi connectivity index (χ3v) is 8.82. The van der Waals surface area contributed by atoms with Crippen LogP contribution >= 0.6 is 0 Å². The predicted molar refractivity (Wildman–Crippen MR) is 177 cm³/mol. The average molecular weight is 660 g/mol. The fourth-order valence-electron chi connectivity index (χ4n) is 6.20. The molecule has 48 heavy (non-hydrogen) atoms. The van der Waals surface area contributed by atoms with Gasteiger partial charge in [0, 0.05) is 32.5 Å². The summed E-state index contributed by atoms with van der Waals surface area (Å²) in [7, 11) is 1.42. The number of nitriles is 1. The quantitative estimate of drug-likeness (QED) is 0.284. The number of ether oxygens (including phenoxy) is 4. The van der Waals surface area contributed by atoms with Crippen molar-refractivity contribution in [1.82, 2.24) is 19.8 Å². The summed E-state index contributed by atoms with van der Waals surface area (Å²) in [6.45, 7) is 7.45. The van der Waals surface area contributed by atoms with E-state index in [-0.39, 0.29) is 43.1 Å². The minimum Gasteiger partial charge on any atom is -0.490 e. The van der Waals surface area contributed by atoms with Gasteiger partial charge in [0.1, 0.15) is 42.2 Å². The summed E-state index contributed by atoms with van der Waals surface area (Å²) in [6, 6.07) is 14.7. The van der Waals surface area contributed by atoms with Crippen LogP contribution in [0.15, 0.2) is 42.5 Å². The van der Waals surface area contributed by atoms with Gasteiger partial charge in [-0.1, -0.05) is 0 Å². The smallest absolute Gasteiger partial charge is 0.410 e. The first-order valence-electron chi connectivity index (χ1n) is 16.6. The number of aromatic nitrogens is 2. The maximum absolute atomic E-state index is 13.1. The number of fused-ring (bicyclic) bond motifs is 1. The molecule has 256 valence electrons. The van der Waals surface area contributed by atoms with Crippen molar-refractivity contribution in [3.05, 3.63) is 53.9 Å². The van der Waals surface area contributed by atoms with Crippen molar-refractivity contribution in [2.45, 2.75) is 84.2 Å². The number of rotatable bonds is 10. The van der Waals surface area contributed by atoms with Crippen molar-refractivity contribution in [3.63, 3.8) is 0 Å². The van der Waals surface area contributed by atoms with Crippen LogP contribution in [0.25, 0.3) is 11.0 Å². The van der Waals surface area contributed by atoms with Crippen LogP contribution < -0.4 is 14.8 Å². The summed E-state index contributed by atoms with van der Waals surface area (Å²) in [5.74, 6) is 1.85. The van der Waals surface area contributed by atoms with Crippen LogP contribution in [0.1, 0.15) is 70.7 Å². The number of amides is 2. The summed E-state index contributed by atoms with van der Waals surface area (Å²) < 4.78 is 24.4. The van der Waals surface area contributed by atoms with Gasteiger partial charge in [-0.3, -0.25) is 9.59 Å². The van der Waals surface area contributed by atoms with Gasteiger partial charge in [0.2, 0.25) is 5.91 Å². The molecule has 2 aliphatic rings. The highest BCUT2D eigenvalue weighted by Gasteiger charge is 2.29.